The molecule has 0 fully saturated rings. The molecule has 0 unspecified atom stereocenters. The van der Waals surface area contributed by atoms with Gasteiger partial charge in [-0.25, -0.2) is 28.5 Å². The molecule has 7 nitrogen and oxygen atoms in total. The fraction of sp³-hybridized carbons (Fsp3) is 0.250. The normalized spacial score (nSPS) is 11.8. The lowest BCUT2D eigenvalue weighted by Gasteiger charge is -2.01. The molecule has 106 valence electrons. The van der Waals surface area contributed by atoms with Crippen LogP contribution in [0.3, 0.4) is 0 Å². The average Bonchev–Trinajstić information content (AvgIpc) is 2.63. The van der Waals surface area contributed by atoms with Crippen LogP contribution in [0.25, 0.3) is 5.69 Å². The van der Waals surface area contributed by atoms with Crippen molar-refractivity contribution >= 4 is 23.1 Å². The van der Waals surface area contributed by atoms with Gasteiger partial charge in [-0.3, -0.25) is 0 Å². The van der Waals surface area contributed by atoms with Gasteiger partial charge < -0.3 is 5.73 Å². The zero-order chi connectivity index (χ0) is 14.9. The molecule has 0 saturated carbocycles. The summed E-state index contributed by atoms with van der Waals surface area (Å²) >= 11 is 5.57. The third-order valence-corrected chi connectivity index (χ3v) is 3.16. The molecule has 2 rings (SSSR count). The van der Waals surface area contributed by atoms with Crippen molar-refractivity contribution < 1.29 is 0 Å². The van der Waals surface area contributed by atoms with E-state index in [0.29, 0.717) is 11.4 Å². The van der Waals surface area contributed by atoms with Crippen LogP contribution in [0, 0.1) is 0 Å². The molecule has 0 saturated heterocycles. The smallest absolute Gasteiger partial charge is 0.351 e. The summed E-state index contributed by atoms with van der Waals surface area (Å²) in [6, 6.07) is 6.65. The van der Waals surface area contributed by atoms with E-state index in [-0.39, 0.29) is 11.7 Å². The van der Waals surface area contributed by atoms with Crippen LogP contribution in [-0.2, 0) is 14.1 Å². The summed E-state index contributed by atoms with van der Waals surface area (Å²) in [5.74, 6) is 0.370. The van der Waals surface area contributed by atoms with Crippen molar-refractivity contribution in [2.75, 3.05) is 5.88 Å². The lowest BCUT2D eigenvalue weighted by molar-refractivity contribution is 0.565. The maximum atomic E-state index is 12.0. The van der Waals surface area contributed by atoms with Crippen molar-refractivity contribution in [2.24, 2.45) is 24.8 Å². The first-order chi connectivity index (χ1) is 9.45. The predicted molar refractivity (Wildman–Crippen MR) is 78.3 cm³/mol. The molecular formula is C12H14ClN5O2. The van der Waals surface area contributed by atoms with Crippen molar-refractivity contribution in [3.05, 3.63) is 45.2 Å². The van der Waals surface area contributed by atoms with Crippen molar-refractivity contribution in [1.29, 1.82) is 0 Å². The monoisotopic (exact) mass is 295 g/mol. The highest BCUT2D eigenvalue weighted by Gasteiger charge is 2.12. The SMILES string of the molecule is Cn1c(=O)n(-c2cccc(N=C(N)CCl)c2)c(=O)n1C. The Bertz CT molecular complexity index is 750. The van der Waals surface area contributed by atoms with E-state index < -0.39 is 11.4 Å². The van der Waals surface area contributed by atoms with E-state index in [2.05, 4.69) is 4.99 Å². The largest absolute Gasteiger partial charge is 0.386 e. The molecule has 1 heterocycles. The highest BCUT2D eigenvalue weighted by atomic mass is 35.5. The van der Waals surface area contributed by atoms with E-state index in [4.69, 9.17) is 17.3 Å². The van der Waals surface area contributed by atoms with Gasteiger partial charge in [0.25, 0.3) is 0 Å². The molecule has 0 spiro atoms. The minimum atomic E-state index is -0.427. The van der Waals surface area contributed by atoms with Crippen molar-refractivity contribution in [3.8, 4) is 5.69 Å². The Labute approximate surface area is 119 Å². The summed E-state index contributed by atoms with van der Waals surface area (Å²) in [5.41, 5.74) is 5.66. The van der Waals surface area contributed by atoms with Gasteiger partial charge >= 0.3 is 11.4 Å². The van der Waals surface area contributed by atoms with Gasteiger partial charge in [0.1, 0.15) is 5.84 Å². The molecule has 2 aromatic rings. The number of hydrogen-bond acceptors (Lipinski definition) is 3. The number of aliphatic imine (C=N–C) groups is 1. The lowest BCUT2D eigenvalue weighted by Crippen LogP contribution is -2.26. The molecular weight excluding hydrogens is 282 g/mol. The fourth-order valence-electron chi connectivity index (χ4n) is 1.75. The van der Waals surface area contributed by atoms with Gasteiger partial charge in [-0.1, -0.05) is 6.07 Å². The number of alkyl halides is 1. The zero-order valence-electron chi connectivity index (χ0n) is 11.1. The van der Waals surface area contributed by atoms with Gasteiger partial charge in [-0.2, -0.15) is 0 Å². The number of rotatable bonds is 3. The number of hydrogen-bond donors (Lipinski definition) is 1. The second-order valence-corrected chi connectivity index (χ2v) is 4.47. The molecule has 0 amide bonds. The Kier molecular flexibility index (Phi) is 3.80. The second-order valence-electron chi connectivity index (χ2n) is 4.20. The Balaban J connectivity index is 2.61. The number of benzene rings is 1. The predicted octanol–water partition coefficient (Wildman–Crippen LogP) is 0.102. The summed E-state index contributed by atoms with van der Waals surface area (Å²) in [7, 11) is 3.04. The Morgan fingerprint density at radius 2 is 1.85 bits per heavy atom. The van der Waals surface area contributed by atoms with Crippen LogP contribution in [-0.4, -0.2) is 25.6 Å². The molecule has 0 bridgehead atoms. The van der Waals surface area contributed by atoms with Crippen molar-refractivity contribution in [1.82, 2.24) is 13.9 Å². The zero-order valence-corrected chi connectivity index (χ0v) is 11.8. The maximum Gasteiger partial charge on any atom is 0.351 e. The van der Waals surface area contributed by atoms with Crippen molar-refractivity contribution in [3.63, 3.8) is 0 Å². The maximum absolute atomic E-state index is 12.0. The van der Waals surface area contributed by atoms with E-state index >= 15 is 0 Å². The molecule has 20 heavy (non-hydrogen) atoms. The van der Waals surface area contributed by atoms with Gasteiger partial charge in [-0.15, -0.1) is 11.6 Å². The fourth-order valence-corrected chi connectivity index (χ4v) is 1.81. The second kappa shape index (κ2) is 5.38. The van der Waals surface area contributed by atoms with Crippen LogP contribution >= 0.6 is 11.6 Å². The number of nitrogens with two attached hydrogens (primary N) is 1. The first-order valence-electron chi connectivity index (χ1n) is 5.80. The molecule has 1 aromatic heterocycles. The first kappa shape index (κ1) is 14.1. The minimum absolute atomic E-state index is 0.108. The van der Waals surface area contributed by atoms with Gasteiger partial charge in [0.2, 0.25) is 0 Å². The molecule has 1 aromatic carbocycles. The van der Waals surface area contributed by atoms with Gasteiger partial charge in [0, 0.05) is 14.1 Å². The lowest BCUT2D eigenvalue weighted by atomic mass is 10.3. The Morgan fingerprint density at radius 1 is 1.25 bits per heavy atom. The van der Waals surface area contributed by atoms with Crippen LogP contribution < -0.4 is 17.1 Å². The molecule has 0 atom stereocenters. The van der Waals surface area contributed by atoms with Crippen LogP contribution in [0.5, 0.6) is 0 Å². The van der Waals surface area contributed by atoms with Crippen LogP contribution in [0.15, 0.2) is 38.8 Å². The van der Waals surface area contributed by atoms with Gasteiger partial charge in [-0.05, 0) is 18.2 Å². The topological polar surface area (TPSA) is 87.3 Å². The third-order valence-electron chi connectivity index (χ3n) is 2.88. The number of aromatic nitrogens is 3. The molecule has 2 N–H and O–H groups in total. The Morgan fingerprint density at radius 3 is 2.40 bits per heavy atom. The molecule has 0 aliphatic heterocycles. The van der Waals surface area contributed by atoms with Gasteiger partial charge in [0.05, 0.1) is 17.3 Å². The standard InChI is InChI=1S/C12H14ClN5O2/c1-16-11(19)18(12(20)17(16)2)9-5-3-4-8(6-9)15-10(14)7-13/h3-6H,7H2,1-2H3,(H2,14,15). The molecule has 0 aliphatic rings. The Hall–Kier alpha value is -2.28. The van der Waals surface area contributed by atoms with Crippen LogP contribution in [0.1, 0.15) is 0 Å². The minimum Gasteiger partial charge on any atom is -0.386 e. The molecule has 8 heteroatoms. The summed E-state index contributed by atoms with van der Waals surface area (Å²) in [5, 5.41) is 0. The van der Waals surface area contributed by atoms with E-state index in [9.17, 15) is 9.59 Å². The summed E-state index contributed by atoms with van der Waals surface area (Å²) in [6.07, 6.45) is 0. The van der Waals surface area contributed by atoms with E-state index in [1.807, 2.05) is 0 Å². The summed E-state index contributed by atoms with van der Waals surface area (Å²) in [4.78, 5) is 28.1. The van der Waals surface area contributed by atoms with Gasteiger partial charge in [0.15, 0.2) is 0 Å². The third kappa shape index (κ3) is 2.39. The highest BCUT2D eigenvalue weighted by molar-refractivity contribution is 6.28. The highest BCUT2D eigenvalue weighted by Crippen LogP contribution is 2.15. The first-order valence-corrected chi connectivity index (χ1v) is 6.33. The van der Waals surface area contributed by atoms with E-state index in [1.165, 1.54) is 23.5 Å². The van der Waals surface area contributed by atoms with Crippen molar-refractivity contribution in [2.45, 2.75) is 0 Å². The molecule has 0 aliphatic carbocycles. The van der Waals surface area contributed by atoms with E-state index in [0.717, 1.165) is 4.57 Å². The van der Waals surface area contributed by atoms with Crippen LogP contribution in [0.4, 0.5) is 5.69 Å². The average molecular weight is 296 g/mol. The summed E-state index contributed by atoms with van der Waals surface area (Å²) < 4.78 is 3.52. The summed E-state index contributed by atoms with van der Waals surface area (Å²) in [6.45, 7) is 0. The van der Waals surface area contributed by atoms with E-state index in [1.54, 1.807) is 24.3 Å². The molecule has 0 radical (unpaired) electrons. The van der Waals surface area contributed by atoms with Crippen LogP contribution in [0.2, 0.25) is 0 Å². The number of halogens is 1. The number of nitrogens with zero attached hydrogens (tertiary/aromatic N) is 4. The number of amidine groups is 1. The quantitative estimate of drug-likeness (QED) is 0.495.